The average molecular weight is 363 g/mol. The topological polar surface area (TPSA) is 40.5 Å². The fourth-order valence-electron chi connectivity index (χ4n) is 2.23. The van der Waals surface area contributed by atoms with Crippen molar-refractivity contribution in [3.8, 4) is 0 Å². The largest absolute Gasteiger partial charge is 0.480 e. The predicted octanol–water partition coefficient (Wildman–Crippen LogP) is 3.26. The quantitative estimate of drug-likeness (QED) is 0.897. The van der Waals surface area contributed by atoms with Crippen LogP contribution in [0.4, 0.5) is 0 Å². The molecule has 1 aliphatic rings. The highest BCUT2D eigenvalue weighted by molar-refractivity contribution is 9.11. The van der Waals surface area contributed by atoms with E-state index in [-0.39, 0.29) is 6.04 Å². The minimum Gasteiger partial charge on any atom is -0.480 e. The van der Waals surface area contributed by atoms with Gasteiger partial charge in [0.1, 0.15) is 6.04 Å². The van der Waals surface area contributed by atoms with Crippen LogP contribution >= 0.6 is 31.9 Å². The molecule has 0 aromatic heterocycles. The maximum atomic E-state index is 11.1. The zero-order valence-electron chi connectivity index (χ0n) is 9.20. The van der Waals surface area contributed by atoms with E-state index in [9.17, 15) is 4.79 Å². The van der Waals surface area contributed by atoms with Gasteiger partial charge in [0.05, 0.1) is 0 Å². The molecule has 17 heavy (non-hydrogen) atoms. The van der Waals surface area contributed by atoms with Crippen LogP contribution in [0.1, 0.15) is 18.4 Å². The summed E-state index contributed by atoms with van der Waals surface area (Å²) in [5.41, 5.74) is 1.12. The molecule has 0 amide bonds. The number of hydrogen-bond donors (Lipinski definition) is 1. The Morgan fingerprint density at radius 2 is 2.00 bits per heavy atom. The minimum atomic E-state index is -0.712. The molecular weight excluding hydrogens is 350 g/mol. The number of nitrogens with zero attached hydrogens (tertiary/aromatic N) is 1. The number of rotatable bonds is 3. The summed E-state index contributed by atoms with van der Waals surface area (Å²) in [5, 5.41) is 9.11. The van der Waals surface area contributed by atoms with Gasteiger partial charge in [0.25, 0.3) is 0 Å². The van der Waals surface area contributed by atoms with Crippen molar-refractivity contribution in [2.75, 3.05) is 6.54 Å². The van der Waals surface area contributed by atoms with E-state index in [0.29, 0.717) is 6.54 Å². The maximum Gasteiger partial charge on any atom is 0.320 e. The Labute approximate surface area is 117 Å². The molecule has 1 aromatic carbocycles. The number of carbonyl (C=O) groups is 1. The normalized spacial score (nSPS) is 20.7. The van der Waals surface area contributed by atoms with E-state index in [4.69, 9.17) is 5.11 Å². The standard InChI is InChI=1S/C12H13Br2NO2/c13-9-4-8(5-10(14)6-9)7-15-3-1-2-11(15)12(16)17/h4-6,11H,1-3,7H2,(H,16,17). The first-order chi connectivity index (χ1) is 8.06. The smallest absolute Gasteiger partial charge is 0.320 e. The third kappa shape index (κ3) is 3.30. The summed E-state index contributed by atoms with van der Waals surface area (Å²) in [6, 6.07) is 5.71. The Kier molecular flexibility index (Phi) is 4.22. The number of hydrogen-bond acceptors (Lipinski definition) is 2. The molecule has 0 radical (unpaired) electrons. The summed E-state index contributed by atoms with van der Waals surface area (Å²) in [6.07, 6.45) is 1.72. The molecule has 0 saturated carbocycles. The van der Waals surface area contributed by atoms with Crippen molar-refractivity contribution in [2.45, 2.75) is 25.4 Å². The Morgan fingerprint density at radius 3 is 2.59 bits per heavy atom. The Morgan fingerprint density at radius 1 is 1.35 bits per heavy atom. The van der Waals surface area contributed by atoms with Gasteiger partial charge in [-0.15, -0.1) is 0 Å². The summed E-state index contributed by atoms with van der Waals surface area (Å²) in [7, 11) is 0. The molecule has 0 aliphatic carbocycles. The lowest BCUT2D eigenvalue weighted by Gasteiger charge is -2.21. The first kappa shape index (κ1) is 13.1. The van der Waals surface area contributed by atoms with Crippen LogP contribution in [0.3, 0.4) is 0 Å². The summed E-state index contributed by atoms with van der Waals surface area (Å²) in [4.78, 5) is 13.1. The van der Waals surface area contributed by atoms with Crippen LogP contribution in [0.5, 0.6) is 0 Å². The van der Waals surface area contributed by atoms with E-state index >= 15 is 0 Å². The van der Waals surface area contributed by atoms with Crippen LogP contribution in [0.2, 0.25) is 0 Å². The fraction of sp³-hybridized carbons (Fsp3) is 0.417. The van der Waals surface area contributed by atoms with E-state index in [1.807, 2.05) is 23.1 Å². The third-order valence-electron chi connectivity index (χ3n) is 2.96. The maximum absolute atomic E-state index is 11.1. The van der Waals surface area contributed by atoms with Gasteiger partial charge >= 0.3 is 5.97 Å². The van der Waals surface area contributed by atoms with Crippen molar-refractivity contribution < 1.29 is 9.90 Å². The average Bonchev–Trinajstić information content (AvgIpc) is 2.63. The van der Waals surface area contributed by atoms with Crippen LogP contribution in [-0.4, -0.2) is 28.6 Å². The second-order valence-corrected chi connectivity index (χ2v) is 6.08. The van der Waals surface area contributed by atoms with Gasteiger partial charge in [0.2, 0.25) is 0 Å². The van der Waals surface area contributed by atoms with Crippen molar-refractivity contribution in [1.82, 2.24) is 4.90 Å². The third-order valence-corrected chi connectivity index (χ3v) is 3.87. The van der Waals surface area contributed by atoms with Crippen molar-refractivity contribution in [3.05, 3.63) is 32.7 Å². The summed E-state index contributed by atoms with van der Waals surface area (Å²) < 4.78 is 2.01. The van der Waals surface area contributed by atoms with Crippen LogP contribution in [0, 0.1) is 0 Å². The van der Waals surface area contributed by atoms with E-state index in [0.717, 1.165) is 33.9 Å². The number of aliphatic carboxylic acids is 1. The molecule has 92 valence electrons. The van der Waals surface area contributed by atoms with E-state index in [1.54, 1.807) is 0 Å². The molecule has 5 heteroatoms. The van der Waals surface area contributed by atoms with Gasteiger partial charge in [-0.25, -0.2) is 0 Å². The molecular formula is C12H13Br2NO2. The van der Waals surface area contributed by atoms with Gasteiger partial charge in [-0.2, -0.15) is 0 Å². The molecule has 1 atom stereocenters. The van der Waals surface area contributed by atoms with Gasteiger partial charge in [-0.3, -0.25) is 9.69 Å². The van der Waals surface area contributed by atoms with Gasteiger partial charge < -0.3 is 5.11 Å². The predicted molar refractivity (Wildman–Crippen MR) is 72.9 cm³/mol. The number of carboxylic acids is 1. The van der Waals surface area contributed by atoms with Crippen molar-refractivity contribution >= 4 is 37.8 Å². The summed E-state index contributed by atoms with van der Waals surface area (Å²) in [6.45, 7) is 1.55. The van der Waals surface area contributed by atoms with Crippen LogP contribution in [-0.2, 0) is 11.3 Å². The molecule has 1 fully saturated rings. The zero-order chi connectivity index (χ0) is 12.4. The van der Waals surface area contributed by atoms with Crippen molar-refractivity contribution in [1.29, 1.82) is 0 Å². The summed E-state index contributed by atoms with van der Waals surface area (Å²) in [5.74, 6) is -0.712. The van der Waals surface area contributed by atoms with Crippen molar-refractivity contribution in [3.63, 3.8) is 0 Å². The minimum absolute atomic E-state index is 0.326. The van der Waals surface area contributed by atoms with Gasteiger partial charge in [-0.1, -0.05) is 31.9 Å². The number of halogens is 2. The van der Waals surface area contributed by atoms with Gasteiger partial charge in [0.15, 0.2) is 0 Å². The molecule has 1 heterocycles. The Hall–Kier alpha value is -0.390. The second kappa shape index (κ2) is 5.50. The molecule has 1 unspecified atom stereocenters. The summed E-state index contributed by atoms with van der Waals surface area (Å²) >= 11 is 6.88. The zero-order valence-corrected chi connectivity index (χ0v) is 12.4. The lowest BCUT2D eigenvalue weighted by Crippen LogP contribution is -2.35. The second-order valence-electron chi connectivity index (χ2n) is 4.24. The molecule has 1 aromatic rings. The van der Waals surface area contributed by atoms with Crippen molar-refractivity contribution in [2.24, 2.45) is 0 Å². The highest BCUT2D eigenvalue weighted by Crippen LogP contribution is 2.24. The molecule has 2 rings (SSSR count). The fourth-order valence-corrected chi connectivity index (χ4v) is 3.62. The van der Waals surface area contributed by atoms with Gasteiger partial charge in [-0.05, 0) is 43.1 Å². The van der Waals surface area contributed by atoms with E-state index in [1.165, 1.54) is 0 Å². The Bertz CT molecular complexity index is 416. The molecule has 3 nitrogen and oxygen atoms in total. The number of benzene rings is 1. The Balaban J connectivity index is 2.12. The van der Waals surface area contributed by atoms with Crippen LogP contribution in [0.25, 0.3) is 0 Å². The molecule has 1 N–H and O–H groups in total. The van der Waals surface area contributed by atoms with E-state index < -0.39 is 5.97 Å². The molecule has 1 saturated heterocycles. The first-order valence-corrected chi connectivity index (χ1v) is 7.06. The number of likely N-dealkylation sites (tertiary alicyclic amines) is 1. The van der Waals surface area contributed by atoms with Crippen LogP contribution < -0.4 is 0 Å². The van der Waals surface area contributed by atoms with Crippen LogP contribution in [0.15, 0.2) is 27.1 Å². The monoisotopic (exact) mass is 361 g/mol. The highest BCUT2D eigenvalue weighted by Gasteiger charge is 2.30. The highest BCUT2D eigenvalue weighted by atomic mass is 79.9. The molecule has 1 aliphatic heterocycles. The molecule has 0 bridgehead atoms. The molecule has 0 spiro atoms. The first-order valence-electron chi connectivity index (χ1n) is 5.48. The van der Waals surface area contributed by atoms with Gasteiger partial charge in [0, 0.05) is 15.5 Å². The lowest BCUT2D eigenvalue weighted by atomic mass is 10.2. The lowest BCUT2D eigenvalue weighted by molar-refractivity contribution is -0.142. The SMILES string of the molecule is O=C(O)C1CCCN1Cc1cc(Br)cc(Br)c1. The van der Waals surface area contributed by atoms with E-state index in [2.05, 4.69) is 31.9 Å². The number of carboxylic acid groups (broad SMARTS) is 1.